The van der Waals surface area contributed by atoms with Gasteiger partial charge in [0.05, 0.1) is 5.02 Å². The van der Waals surface area contributed by atoms with E-state index in [9.17, 15) is 12.8 Å². The first-order valence-electron chi connectivity index (χ1n) is 5.84. The first kappa shape index (κ1) is 16.4. The van der Waals surface area contributed by atoms with Crippen LogP contribution in [0.15, 0.2) is 23.1 Å². The molecule has 0 saturated carbocycles. The average Bonchev–Trinajstić information content (AvgIpc) is 2.31. The van der Waals surface area contributed by atoms with Gasteiger partial charge in [0.25, 0.3) is 0 Å². The number of benzene rings is 1. The molecule has 0 heterocycles. The molecule has 0 aliphatic carbocycles. The summed E-state index contributed by atoms with van der Waals surface area (Å²) in [4.78, 5) is -0.299. The van der Waals surface area contributed by atoms with Crippen LogP contribution < -0.4 is 4.72 Å². The molecular formula is C12H17ClFNO3S. The molecule has 0 bridgehead atoms. The minimum atomic E-state index is -3.94. The number of aliphatic hydroxyl groups excluding tert-OH is 1. The number of sulfonamides is 1. The second kappa shape index (κ2) is 6.17. The zero-order chi connectivity index (χ0) is 14.7. The molecule has 0 radical (unpaired) electrons. The van der Waals surface area contributed by atoms with Crippen LogP contribution in [0.2, 0.25) is 5.02 Å². The van der Waals surface area contributed by atoms with E-state index in [1.165, 1.54) is 6.07 Å². The highest BCUT2D eigenvalue weighted by molar-refractivity contribution is 7.89. The van der Waals surface area contributed by atoms with E-state index in [-0.39, 0.29) is 22.9 Å². The molecule has 0 aliphatic heterocycles. The number of nitrogens with one attached hydrogen (secondary N) is 1. The van der Waals surface area contributed by atoms with Crippen LogP contribution in [-0.4, -0.2) is 25.7 Å². The highest BCUT2D eigenvalue weighted by Gasteiger charge is 2.30. The Morgan fingerprint density at radius 2 is 2.11 bits per heavy atom. The van der Waals surface area contributed by atoms with E-state index in [0.29, 0.717) is 6.42 Å². The molecule has 2 N–H and O–H groups in total. The van der Waals surface area contributed by atoms with E-state index in [1.54, 1.807) is 13.8 Å². The van der Waals surface area contributed by atoms with E-state index in [2.05, 4.69) is 4.72 Å². The summed E-state index contributed by atoms with van der Waals surface area (Å²) >= 11 is 5.79. The van der Waals surface area contributed by atoms with E-state index < -0.39 is 21.4 Å². The summed E-state index contributed by atoms with van der Waals surface area (Å²) < 4.78 is 40.0. The molecule has 1 aromatic rings. The Hall–Kier alpha value is -0.690. The summed E-state index contributed by atoms with van der Waals surface area (Å²) in [7, 11) is -3.94. The molecule has 0 saturated heterocycles. The van der Waals surface area contributed by atoms with Gasteiger partial charge in [-0.25, -0.2) is 17.5 Å². The van der Waals surface area contributed by atoms with Crippen LogP contribution in [-0.2, 0) is 10.0 Å². The lowest BCUT2D eigenvalue weighted by molar-refractivity contribution is 0.233. The minimum Gasteiger partial charge on any atom is -0.396 e. The second-order valence-electron chi connectivity index (χ2n) is 4.57. The van der Waals surface area contributed by atoms with Crippen molar-refractivity contribution in [1.82, 2.24) is 4.72 Å². The topological polar surface area (TPSA) is 66.4 Å². The standard InChI is InChI=1S/C12H17ClFNO3S/c1-3-12(2,6-7-16)15-19(17,18)11-8-9(14)4-5-10(11)13/h4-5,8,15-16H,3,6-7H2,1-2H3. The van der Waals surface area contributed by atoms with E-state index >= 15 is 0 Å². The SMILES string of the molecule is CCC(C)(CCO)NS(=O)(=O)c1cc(F)ccc1Cl. The highest BCUT2D eigenvalue weighted by atomic mass is 35.5. The van der Waals surface area contributed by atoms with Gasteiger partial charge in [-0.05, 0) is 38.0 Å². The normalized spacial score (nSPS) is 15.2. The van der Waals surface area contributed by atoms with Gasteiger partial charge in [-0.15, -0.1) is 0 Å². The van der Waals surface area contributed by atoms with Crippen molar-refractivity contribution in [3.05, 3.63) is 29.0 Å². The zero-order valence-corrected chi connectivity index (χ0v) is 12.4. The Kier molecular flexibility index (Phi) is 5.32. The third-order valence-electron chi connectivity index (χ3n) is 3.01. The van der Waals surface area contributed by atoms with Gasteiger partial charge in [0.1, 0.15) is 10.7 Å². The Labute approximate surface area is 117 Å². The van der Waals surface area contributed by atoms with Crippen LogP contribution in [0, 0.1) is 5.82 Å². The van der Waals surface area contributed by atoms with E-state index in [4.69, 9.17) is 16.7 Å². The van der Waals surface area contributed by atoms with Crippen molar-refractivity contribution in [2.75, 3.05) is 6.61 Å². The van der Waals surface area contributed by atoms with Crippen molar-refractivity contribution in [3.8, 4) is 0 Å². The monoisotopic (exact) mass is 309 g/mol. The molecule has 1 aromatic carbocycles. The van der Waals surface area contributed by atoms with Crippen LogP contribution in [0.1, 0.15) is 26.7 Å². The van der Waals surface area contributed by atoms with E-state index in [1.807, 2.05) is 0 Å². The third-order valence-corrected chi connectivity index (χ3v) is 5.13. The smallest absolute Gasteiger partial charge is 0.242 e. The maximum atomic E-state index is 13.1. The first-order valence-corrected chi connectivity index (χ1v) is 7.70. The largest absolute Gasteiger partial charge is 0.396 e. The summed E-state index contributed by atoms with van der Waals surface area (Å²) in [6.07, 6.45) is 0.745. The maximum Gasteiger partial charge on any atom is 0.242 e. The Balaban J connectivity index is 3.14. The van der Waals surface area contributed by atoms with Gasteiger partial charge in [0, 0.05) is 12.1 Å². The molecule has 4 nitrogen and oxygen atoms in total. The van der Waals surface area contributed by atoms with Crippen LogP contribution in [0.5, 0.6) is 0 Å². The van der Waals surface area contributed by atoms with Gasteiger partial charge in [0.15, 0.2) is 0 Å². The summed E-state index contributed by atoms with van der Waals surface area (Å²) in [6, 6.07) is 3.16. The Morgan fingerprint density at radius 1 is 1.47 bits per heavy atom. The Morgan fingerprint density at radius 3 is 2.63 bits per heavy atom. The van der Waals surface area contributed by atoms with E-state index in [0.717, 1.165) is 12.1 Å². The van der Waals surface area contributed by atoms with Crippen molar-refractivity contribution in [3.63, 3.8) is 0 Å². The number of aliphatic hydroxyl groups is 1. The number of halogens is 2. The fraction of sp³-hybridized carbons (Fsp3) is 0.500. The summed E-state index contributed by atoms with van der Waals surface area (Å²) in [5.74, 6) is -0.676. The van der Waals surface area contributed by atoms with Gasteiger partial charge < -0.3 is 5.11 Å². The van der Waals surface area contributed by atoms with Crippen molar-refractivity contribution in [1.29, 1.82) is 0 Å². The number of rotatable bonds is 6. The van der Waals surface area contributed by atoms with Gasteiger partial charge in [-0.2, -0.15) is 0 Å². The van der Waals surface area contributed by atoms with Gasteiger partial charge in [-0.1, -0.05) is 18.5 Å². The summed E-state index contributed by atoms with van der Waals surface area (Å²) in [5, 5.41) is 8.93. The first-order chi connectivity index (χ1) is 8.74. The molecule has 0 amide bonds. The molecule has 108 valence electrons. The van der Waals surface area contributed by atoms with Crippen LogP contribution in [0.25, 0.3) is 0 Å². The van der Waals surface area contributed by atoms with Gasteiger partial charge in [0.2, 0.25) is 10.0 Å². The average molecular weight is 310 g/mol. The molecule has 7 heteroatoms. The lowest BCUT2D eigenvalue weighted by Crippen LogP contribution is -2.46. The van der Waals surface area contributed by atoms with Crippen molar-refractivity contribution >= 4 is 21.6 Å². The molecular weight excluding hydrogens is 293 g/mol. The molecule has 19 heavy (non-hydrogen) atoms. The number of hydrogen-bond acceptors (Lipinski definition) is 3. The molecule has 1 atom stereocenters. The van der Waals surface area contributed by atoms with Gasteiger partial charge in [-0.3, -0.25) is 0 Å². The fourth-order valence-corrected chi connectivity index (χ4v) is 3.63. The highest BCUT2D eigenvalue weighted by Crippen LogP contribution is 2.25. The van der Waals surface area contributed by atoms with Crippen molar-refractivity contribution in [2.45, 2.75) is 37.1 Å². The fourth-order valence-electron chi connectivity index (χ4n) is 1.61. The second-order valence-corrected chi connectivity index (χ2v) is 6.63. The predicted molar refractivity (Wildman–Crippen MR) is 72.1 cm³/mol. The molecule has 1 unspecified atom stereocenters. The zero-order valence-electron chi connectivity index (χ0n) is 10.8. The minimum absolute atomic E-state index is 0.0450. The predicted octanol–water partition coefficient (Wildman–Crippen LogP) is 2.31. The molecule has 0 spiro atoms. The quantitative estimate of drug-likeness (QED) is 0.847. The third kappa shape index (κ3) is 4.14. The molecule has 0 aliphatic rings. The molecule has 0 aromatic heterocycles. The van der Waals surface area contributed by atoms with Crippen molar-refractivity contribution < 1.29 is 17.9 Å². The van der Waals surface area contributed by atoms with Gasteiger partial charge >= 0.3 is 0 Å². The lowest BCUT2D eigenvalue weighted by Gasteiger charge is -2.28. The molecule has 0 fully saturated rings. The maximum absolute atomic E-state index is 13.1. The lowest BCUT2D eigenvalue weighted by atomic mass is 9.97. The van der Waals surface area contributed by atoms with Crippen molar-refractivity contribution in [2.24, 2.45) is 0 Å². The van der Waals surface area contributed by atoms with Crippen LogP contribution in [0.3, 0.4) is 0 Å². The Bertz CT molecular complexity index is 550. The van der Waals surface area contributed by atoms with Crippen LogP contribution >= 0.6 is 11.6 Å². The summed E-state index contributed by atoms with van der Waals surface area (Å²) in [6.45, 7) is 3.32. The van der Waals surface area contributed by atoms with Crippen LogP contribution in [0.4, 0.5) is 4.39 Å². The number of hydrogen-bond donors (Lipinski definition) is 2. The molecule has 1 rings (SSSR count). The summed E-state index contributed by atoms with van der Waals surface area (Å²) in [5.41, 5.74) is -0.802.